The van der Waals surface area contributed by atoms with Crippen molar-refractivity contribution in [1.82, 2.24) is 35.1 Å². The lowest BCUT2D eigenvalue weighted by molar-refractivity contribution is -0.124. The van der Waals surface area contributed by atoms with Gasteiger partial charge >= 0.3 is 0 Å². The maximum Gasteiger partial charge on any atom is 0.272 e. The van der Waals surface area contributed by atoms with Crippen molar-refractivity contribution in [2.45, 2.75) is 39.3 Å². The molecule has 0 radical (unpaired) electrons. The second kappa shape index (κ2) is 9.68. The smallest absolute Gasteiger partial charge is 0.272 e. The number of benzene rings is 2. The topological polar surface area (TPSA) is 108 Å². The predicted molar refractivity (Wildman–Crippen MR) is 120 cm³/mol. The van der Waals surface area contributed by atoms with Gasteiger partial charge in [0, 0.05) is 19.5 Å². The molecule has 1 N–H and O–H groups in total. The first-order chi connectivity index (χ1) is 15.9. The molecule has 10 heteroatoms. The van der Waals surface area contributed by atoms with Crippen LogP contribution < -0.4 is 10.9 Å². The van der Waals surface area contributed by atoms with E-state index in [0.29, 0.717) is 36.6 Å². The van der Waals surface area contributed by atoms with E-state index in [1.807, 2.05) is 24.3 Å². The molecule has 33 heavy (non-hydrogen) atoms. The largest absolute Gasteiger partial charge is 0.354 e. The van der Waals surface area contributed by atoms with Gasteiger partial charge in [-0.15, -0.1) is 5.10 Å². The molecule has 2 heterocycles. The van der Waals surface area contributed by atoms with Crippen molar-refractivity contribution in [2.24, 2.45) is 0 Å². The number of amides is 1. The van der Waals surface area contributed by atoms with Gasteiger partial charge in [-0.05, 0) is 60.5 Å². The zero-order valence-corrected chi connectivity index (χ0v) is 18.4. The Balaban J connectivity index is 1.45. The molecule has 9 nitrogen and oxygen atoms in total. The number of hydrogen-bond donors (Lipinski definition) is 1. The molecule has 1 unspecified atom stereocenters. The summed E-state index contributed by atoms with van der Waals surface area (Å²) >= 11 is 0. The molecular weight excluding hydrogens is 425 g/mol. The Labute approximate surface area is 189 Å². The normalized spacial score (nSPS) is 12.1. The summed E-state index contributed by atoms with van der Waals surface area (Å²) in [4.78, 5) is 30.0. The van der Waals surface area contributed by atoms with E-state index < -0.39 is 6.04 Å². The molecular formula is C23H24FN7O2. The minimum Gasteiger partial charge on any atom is -0.354 e. The zero-order chi connectivity index (χ0) is 23.4. The van der Waals surface area contributed by atoms with Gasteiger partial charge in [0.15, 0.2) is 0 Å². The van der Waals surface area contributed by atoms with E-state index in [2.05, 4.69) is 25.8 Å². The lowest BCUT2D eigenvalue weighted by Gasteiger charge is -2.18. The predicted octanol–water partition coefficient (Wildman–Crippen LogP) is 2.13. The maximum absolute atomic E-state index is 13.6. The standard InChI is InChI=1S/C23H24FN7O2/c1-15-23(33)30(20-10-4-3-9-19(20)26-15)12-6-11-25-22(32)21(31-16(2)27-28-29-31)14-17-7-5-8-18(24)13-17/h3-5,7-10,13,21H,6,11-12,14H2,1-2H3,(H,25,32). The highest BCUT2D eigenvalue weighted by Gasteiger charge is 2.24. The van der Waals surface area contributed by atoms with Crippen molar-refractivity contribution >= 4 is 16.9 Å². The Kier molecular flexibility index (Phi) is 6.53. The van der Waals surface area contributed by atoms with Gasteiger partial charge in [0.05, 0.1) is 11.0 Å². The molecule has 1 atom stereocenters. The maximum atomic E-state index is 13.6. The van der Waals surface area contributed by atoms with Gasteiger partial charge in [0.2, 0.25) is 5.91 Å². The van der Waals surface area contributed by atoms with Crippen LogP contribution in [0, 0.1) is 19.7 Å². The van der Waals surface area contributed by atoms with E-state index in [4.69, 9.17) is 0 Å². The fourth-order valence-corrected chi connectivity index (χ4v) is 3.81. The highest BCUT2D eigenvalue weighted by atomic mass is 19.1. The number of para-hydroxylation sites is 2. The van der Waals surface area contributed by atoms with Crippen LogP contribution in [-0.2, 0) is 17.8 Å². The Morgan fingerprint density at radius 2 is 1.97 bits per heavy atom. The van der Waals surface area contributed by atoms with E-state index in [9.17, 15) is 14.0 Å². The van der Waals surface area contributed by atoms with Crippen LogP contribution in [0.4, 0.5) is 4.39 Å². The lowest BCUT2D eigenvalue weighted by Crippen LogP contribution is -2.36. The lowest BCUT2D eigenvalue weighted by atomic mass is 10.0. The van der Waals surface area contributed by atoms with Gasteiger partial charge in [-0.25, -0.2) is 14.1 Å². The van der Waals surface area contributed by atoms with E-state index >= 15 is 0 Å². The van der Waals surface area contributed by atoms with Crippen LogP contribution in [0.3, 0.4) is 0 Å². The highest BCUT2D eigenvalue weighted by Crippen LogP contribution is 2.16. The molecule has 0 saturated heterocycles. The molecule has 0 aliphatic rings. The first-order valence-electron chi connectivity index (χ1n) is 10.7. The number of aryl methyl sites for hydroxylation is 3. The third kappa shape index (κ3) is 4.94. The molecule has 170 valence electrons. The van der Waals surface area contributed by atoms with Crippen LogP contribution >= 0.6 is 0 Å². The minimum absolute atomic E-state index is 0.145. The summed E-state index contributed by atoms with van der Waals surface area (Å²) in [6.07, 6.45) is 0.781. The molecule has 0 spiro atoms. The van der Waals surface area contributed by atoms with Gasteiger partial charge in [0.1, 0.15) is 23.4 Å². The van der Waals surface area contributed by atoms with Crippen molar-refractivity contribution in [1.29, 1.82) is 0 Å². The van der Waals surface area contributed by atoms with Crippen molar-refractivity contribution < 1.29 is 9.18 Å². The number of carbonyl (C=O) groups is 1. The van der Waals surface area contributed by atoms with E-state index in [1.54, 1.807) is 30.5 Å². The van der Waals surface area contributed by atoms with Crippen LogP contribution in [0.1, 0.15) is 29.5 Å². The zero-order valence-electron chi connectivity index (χ0n) is 18.4. The van der Waals surface area contributed by atoms with Gasteiger partial charge in [-0.1, -0.05) is 24.3 Å². The number of aromatic nitrogens is 6. The van der Waals surface area contributed by atoms with E-state index in [-0.39, 0.29) is 23.7 Å². The van der Waals surface area contributed by atoms with Crippen LogP contribution in [0.25, 0.3) is 11.0 Å². The monoisotopic (exact) mass is 449 g/mol. The summed E-state index contributed by atoms with van der Waals surface area (Å²) in [5.74, 6) is -0.167. The molecule has 2 aromatic heterocycles. The van der Waals surface area contributed by atoms with Gasteiger partial charge < -0.3 is 9.88 Å². The van der Waals surface area contributed by atoms with Gasteiger partial charge in [-0.2, -0.15) is 0 Å². The SMILES string of the molecule is Cc1nc2ccccc2n(CCCNC(=O)C(Cc2cccc(F)c2)n2nnnc2C)c1=O. The molecule has 0 saturated carbocycles. The summed E-state index contributed by atoms with van der Waals surface area (Å²) < 4.78 is 16.8. The molecule has 0 aliphatic heterocycles. The number of halogens is 1. The number of nitrogens with zero attached hydrogens (tertiary/aromatic N) is 6. The molecule has 2 aromatic carbocycles. The Morgan fingerprint density at radius 3 is 2.73 bits per heavy atom. The van der Waals surface area contributed by atoms with Crippen molar-refractivity contribution in [3.63, 3.8) is 0 Å². The molecule has 0 aliphatic carbocycles. The number of rotatable bonds is 8. The van der Waals surface area contributed by atoms with Gasteiger partial charge in [-0.3, -0.25) is 9.59 Å². The fourth-order valence-electron chi connectivity index (χ4n) is 3.81. The minimum atomic E-state index is -0.728. The van der Waals surface area contributed by atoms with Crippen molar-refractivity contribution in [3.05, 3.63) is 81.8 Å². The second-order valence-corrected chi connectivity index (χ2v) is 7.81. The first kappa shape index (κ1) is 22.3. The second-order valence-electron chi connectivity index (χ2n) is 7.81. The number of fused-ring (bicyclic) bond motifs is 1. The highest BCUT2D eigenvalue weighted by molar-refractivity contribution is 5.80. The summed E-state index contributed by atoms with van der Waals surface area (Å²) in [7, 11) is 0. The number of nitrogens with one attached hydrogen (secondary N) is 1. The number of tetrazole rings is 1. The third-order valence-corrected chi connectivity index (χ3v) is 5.45. The van der Waals surface area contributed by atoms with Crippen molar-refractivity contribution in [2.75, 3.05) is 6.54 Å². The summed E-state index contributed by atoms with van der Waals surface area (Å²) in [6.45, 7) is 4.18. The molecule has 1 amide bonds. The first-order valence-corrected chi connectivity index (χ1v) is 10.7. The van der Waals surface area contributed by atoms with Crippen LogP contribution in [-0.4, -0.2) is 42.2 Å². The average Bonchev–Trinajstić information content (AvgIpc) is 3.22. The Hall–Kier alpha value is -3.95. The fraction of sp³-hybridized carbons (Fsp3) is 0.304. The molecule has 4 rings (SSSR count). The number of carbonyl (C=O) groups excluding carboxylic acids is 1. The van der Waals surface area contributed by atoms with Crippen LogP contribution in [0.15, 0.2) is 53.3 Å². The molecule has 4 aromatic rings. The summed E-state index contributed by atoms with van der Waals surface area (Å²) in [5, 5.41) is 14.3. The van der Waals surface area contributed by atoms with Crippen molar-refractivity contribution in [3.8, 4) is 0 Å². The third-order valence-electron chi connectivity index (χ3n) is 5.45. The quantitative estimate of drug-likeness (QED) is 0.413. The molecule has 0 fully saturated rings. The summed E-state index contributed by atoms with van der Waals surface area (Å²) in [5.41, 5.74) is 2.46. The number of hydrogen-bond acceptors (Lipinski definition) is 6. The average molecular weight is 449 g/mol. The van der Waals surface area contributed by atoms with Crippen LogP contribution in [0.2, 0.25) is 0 Å². The van der Waals surface area contributed by atoms with E-state index in [0.717, 1.165) is 11.0 Å². The van der Waals surface area contributed by atoms with Crippen LogP contribution in [0.5, 0.6) is 0 Å². The van der Waals surface area contributed by atoms with Gasteiger partial charge in [0.25, 0.3) is 5.56 Å². The summed E-state index contributed by atoms with van der Waals surface area (Å²) in [6, 6.07) is 12.8. The Morgan fingerprint density at radius 1 is 1.15 bits per heavy atom. The van der Waals surface area contributed by atoms with E-state index in [1.165, 1.54) is 16.8 Å². The Bertz CT molecular complexity index is 1350. The molecule has 0 bridgehead atoms.